The second kappa shape index (κ2) is 6.00. The molecule has 0 saturated heterocycles. The zero-order valence-corrected chi connectivity index (χ0v) is 14.1. The molecule has 0 amide bonds. The van der Waals surface area contributed by atoms with E-state index in [4.69, 9.17) is 21.2 Å². The Morgan fingerprint density at radius 2 is 2.00 bits per heavy atom. The zero-order chi connectivity index (χ0) is 16.6. The van der Waals surface area contributed by atoms with Crippen LogP contribution in [0.15, 0.2) is 28.8 Å². The SMILES string of the molecule is CC1(C)CCC(c2ccc(-c3cc(C(=O)O)no3)cc2Cl)CC1. The summed E-state index contributed by atoms with van der Waals surface area (Å²) in [6, 6.07) is 7.20. The van der Waals surface area contributed by atoms with Gasteiger partial charge in [0.25, 0.3) is 0 Å². The number of benzene rings is 1. The Kier molecular flexibility index (Phi) is 4.19. The lowest BCUT2D eigenvalue weighted by Crippen LogP contribution is -2.20. The standard InChI is InChI=1S/C18H20ClNO3/c1-18(2)7-5-11(6-8-18)13-4-3-12(9-14(13)19)16-10-15(17(21)22)20-23-16/h3-4,9-11H,5-8H2,1-2H3,(H,21,22). The lowest BCUT2D eigenvalue weighted by Gasteiger charge is -2.34. The molecule has 0 radical (unpaired) electrons. The number of carboxylic acid groups (broad SMARTS) is 1. The molecule has 0 bridgehead atoms. The van der Waals surface area contributed by atoms with Crippen LogP contribution in [0.3, 0.4) is 0 Å². The molecule has 1 aliphatic rings. The summed E-state index contributed by atoms with van der Waals surface area (Å²) in [4.78, 5) is 10.9. The number of carbonyl (C=O) groups is 1. The third kappa shape index (κ3) is 3.42. The number of hydrogen-bond acceptors (Lipinski definition) is 3. The predicted molar refractivity (Wildman–Crippen MR) is 88.9 cm³/mol. The molecule has 23 heavy (non-hydrogen) atoms. The lowest BCUT2D eigenvalue weighted by atomic mass is 9.71. The number of carboxylic acids is 1. The fourth-order valence-electron chi connectivity index (χ4n) is 3.23. The summed E-state index contributed by atoms with van der Waals surface area (Å²) in [7, 11) is 0. The number of hydrogen-bond donors (Lipinski definition) is 1. The molecular weight excluding hydrogens is 314 g/mol. The maximum atomic E-state index is 10.9. The van der Waals surface area contributed by atoms with Gasteiger partial charge in [-0.3, -0.25) is 0 Å². The quantitative estimate of drug-likeness (QED) is 0.819. The van der Waals surface area contributed by atoms with Crippen molar-refractivity contribution < 1.29 is 14.4 Å². The maximum Gasteiger partial charge on any atom is 0.358 e. The van der Waals surface area contributed by atoms with Crippen LogP contribution >= 0.6 is 11.6 Å². The van der Waals surface area contributed by atoms with E-state index in [1.165, 1.54) is 24.5 Å². The number of aromatic carboxylic acids is 1. The molecule has 0 atom stereocenters. The van der Waals surface area contributed by atoms with Crippen LogP contribution in [0.5, 0.6) is 0 Å². The minimum Gasteiger partial charge on any atom is -0.476 e. The van der Waals surface area contributed by atoms with Gasteiger partial charge < -0.3 is 9.63 Å². The average molecular weight is 334 g/mol. The Bertz CT molecular complexity index is 726. The van der Waals surface area contributed by atoms with Crippen molar-refractivity contribution in [2.45, 2.75) is 45.4 Å². The van der Waals surface area contributed by atoms with Crippen LogP contribution in [0.25, 0.3) is 11.3 Å². The van der Waals surface area contributed by atoms with Gasteiger partial charge in [-0.1, -0.05) is 42.7 Å². The van der Waals surface area contributed by atoms with Crippen molar-refractivity contribution in [3.05, 3.63) is 40.5 Å². The van der Waals surface area contributed by atoms with Crippen molar-refractivity contribution in [1.82, 2.24) is 5.16 Å². The van der Waals surface area contributed by atoms with Crippen molar-refractivity contribution in [2.75, 3.05) is 0 Å². The summed E-state index contributed by atoms with van der Waals surface area (Å²) in [5, 5.41) is 13.1. The third-order valence-corrected chi connectivity index (χ3v) is 5.12. The predicted octanol–water partition coefficient (Wildman–Crippen LogP) is 5.38. The number of rotatable bonds is 3. The summed E-state index contributed by atoms with van der Waals surface area (Å²) in [6.45, 7) is 4.63. The molecule has 1 fully saturated rings. The van der Waals surface area contributed by atoms with Crippen molar-refractivity contribution in [3.8, 4) is 11.3 Å². The molecule has 1 aliphatic carbocycles. The van der Waals surface area contributed by atoms with Gasteiger partial charge in [0.1, 0.15) is 0 Å². The normalized spacial score (nSPS) is 18.0. The van der Waals surface area contributed by atoms with E-state index in [-0.39, 0.29) is 5.69 Å². The number of halogens is 1. The minimum atomic E-state index is -1.10. The second-order valence-corrected chi connectivity index (χ2v) is 7.46. The van der Waals surface area contributed by atoms with E-state index in [0.29, 0.717) is 22.1 Å². The van der Waals surface area contributed by atoms with E-state index in [2.05, 4.69) is 19.0 Å². The molecule has 3 rings (SSSR count). The van der Waals surface area contributed by atoms with Crippen molar-refractivity contribution in [3.63, 3.8) is 0 Å². The van der Waals surface area contributed by atoms with E-state index >= 15 is 0 Å². The van der Waals surface area contributed by atoms with Gasteiger partial charge >= 0.3 is 5.97 Å². The molecule has 122 valence electrons. The fourth-order valence-corrected chi connectivity index (χ4v) is 3.57. The summed E-state index contributed by atoms with van der Waals surface area (Å²) < 4.78 is 5.09. The Balaban J connectivity index is 1.82. The van der Waals surface area contributed by atoms with Crippen LogP contribution in [-0.4, -0.2) is 16.2 Å². The van der Waals surface area contributed by atoms with Gasteiger partial charge in [0.2, 0.25) is 0 Å². The smallest absolute Gasteiger partial charge is 0.358 e. The highest BCUT2D eigenvalue weighted by molar-refractivity contribution is 6.31. The maximum absolute atomic E-state index is 10.9. The van der Waals surface area contributed by atoms with E-state index < -0.39 is 5.97 Å². The third-order valence-electron chi connectivity index (χ3n) is 4.79. The van der Waals surface area contributed by atoms with Crippen LogP contribution in [0.4, 0.5) is 0 Å². The first-order valence-electron chi connectivity index (χ1n) is 7.85. The fraction of sp³-hybridized carbons (Fsp3) is 0.444. The topological polar surface area (TPSA) is 63.3 Å². The first-order chi connectivity index (χ1) is 10.9. The highest BCUT2D eigenvalue weighted by Crippen LogP contribution is 2.44. The molecule has 1 saturated carbocycles. The summed E-state index contributed by atoms with van der Waals surface area (Å²) >= 11 is 6.47. The summed E-state index contributed by atoms with van der Waals surface area (Å²) in [5.41, 5.74) is 2.24. The highest BCUT2D eigenvalue weighted by atomic mass is 35.5. The molecule has 2 aromatic rings. The first-order valence-corrected chi connectivity index (χ1v) is 8.23. The van der Waals surface area contributed by atoms with Crippen molar-refractivity contribution in [2.24, 2.45) is 5.41 Å². The Morgan fingerprint density at radius 1 is 1.30 bits per heavy atom. The van der Waals surface area contributed by atoms with Crippen molar-refractivity contribution >= 4 is 17.6 Å². The van der Waals surface area contributed by atoms with Crippen molar-refractivity contribution in [1.29, 1.82) is 0 Å². The number of aromatic nitrogens is 1. The molecule has 0 unspecified atom stereocenters. The van der Waals surface area contributed by atoms with Gasteiger partial charge in [-0.05, 0) is 48.6 Å². The van der Waals surface area contributed by atoms with E-state index in [9.17, 15) is 4.79 Å². The number of nitrogens with zero attached hydrogens (tertiary/aromatic N) is 1. The molecule has 0 aliphatic heterocycles. The molecule has 4 nitrogen and oxygen atoms in total. The van der Waals surface area contributed by atoms with Gasteiger partial charge in [0, 0.05) is 16.7 Å². The second-order valence-electron chi connectivity index (χ2n) is 7.06. The van der Waals surface area contributed by atoms with E-state index in [0.717, 1.165) is 18.4 Å². The van der Waals surface area contributed by atoms with Crippen LogP contribution in [0, 0.1) is 5.41 Å². The lowest BCUT2D eigenvalue weighted by molar-refractivity contribution is 0.0686. The highest BCUT2D eigenvalue weighted by Gasteiger charge is 2.28. The van der Waals surface area contributed by atoms with Crippen LogP contribution in [0.2, 0.25) is 5.02 Å². The first kappa shape index (κ1) is 16.1. The summed E-state index contributed by atoms with van der Waals surface area (Å²) in [5.74, 6) is -0.193. The average Bonchev–Trinajstić information content (AvgIpc) is 2.98. The monoisotopic (exact) mass is 333 g/mol. The van der Waals surface area contributed by atoms with Crippen LogP contribution in [0.1, 0.15) is 61.5 Å². The van der Waals surface area contributed by atoms with Gasteiger partial charge in [-0.25, -0.2) is 4.79 Å². The van der Waals surface area contributed by atoms with Gasteiger partial charge in [-0.15, -0.1) is 0 Å². The summed E-state index contributed by atoms with van der Waals surface area (Å²) in [6.07, 6.45) is 4.72. The zero-order valence-electron chi connectivity index (χ0n) is 13.3. The molecule has 5 heteroatoms. The molecule has 1 N–H and O–H groups in total. The minimum absolute atomic E-state index is 0.102. The molecular formula is C18H20ClNO3. The van der Waals surface area contributed by atoms with E-state index in [1.807, 2.05) is 18.2 Å². The van der Waals surface area contributed by atoms with Gasteiger partial charge in [-0.2, -0.15) is 0 Å². The Labute approximate surface area is 140 Å². The van der Waals surface area contributed by atoms with Gasteiger partial charge in [0.05, 0.1) is 0 Å². The van der Waals surface area contributed by atoms with Gasteiger partial charge in [0.15, 0.2) is 11.5 Å². The molecule has 1 aromatic carbocycles. The van der Waals surface area contributed by atoms with Crippen LogP contribution < -0.4 is 0 Å². The largest absolute Gasteiger partial charge is 0.476 e. The van der Waals surface area contributed by atoms with E-state index in [1.54, 1.807) is 0 Å². The Hall–Kier alpha value is -1.81. The Morgan fingerprint density at radius 3 is 2.57 bits per heavy atom. The molecule has 1 heterocycles. The molecule has 1 aromatic heterocycles. The van der Waals surface area contributed by atoms with Crippen LogP contribution in [-0.2, 0) is 0 Å². The molecule has 0 spiro atoms.